The fraction of sp³-hybridized carbons (Fsp3) is 0.778. The van der Waals surface area contributed by atoms with Crippen LogP contribution in [0, 0.1) is 19.8 Å². The van der Waals surface area contributed by atoms with Crippen molar-refractivity contribution >= 4 is 5.91 Å². The first-order chi connectivity index (χ1) is 10.9. The summed E-state index contributed by atoms with van der Waals surface area (Å²) in [6, 6.07) is 0.351. The number of likely N-dealkylation sites (tertiary alicyclic amines) is 1. The van der Waals surface area contributed by atoms with Gasteiger partial charge in [-0.25, -0.2) is 0 Å². The third-order valence-electron chi connectivity index (χ3n) is 4.76. The number of aromatic nitrogens is 2. The van der Waals surface area contributed by atoms with Crippen molar-refractivity contribution in [2.75, 3.05) is 20.1 Å². The average molecular weight is 320 g/mol. The van der Waals surface area contributed by atoms with E-state index in [1.165, 1.54) is 11.3 Å². The topological polar surface area (TPSA) is 50.2 Å². The summed E-state index contributed by atoms with van der Waals surface area (Å²) in [4.78, 5) is 14.5. The van der Waals surface area contributed by atoms with E-state index in [0.717, 1.165) is 44.6 Å². The number of amides is 1. The standard InChI is InChI=1S/C18H32N4O/c1-13(2)12-22-15(4)17(14(3)20-22)6-7-18(23)19-16-8-10-21(5)11-9-16/h13,16H,6-12H2,1-5H3,(H,19,23). The van der Waals surface area contributed by atoms with E-state index >= 15 is 0 Å². The van der Waals surface area contributed by atoms with Crippen molar-refractivity contribution in [3.63, 3.8) is 0 Å². The number of carbonyl (C=O) groups is 1. The number of nitrogens with one attached hydrogen (secondary N) is 1. The van der Waals surface area contributed by atoms with Crippen LogP contribution in [-0.4, -0.2) is 46.8 Å². The SMILES string of the molecule is Cc1nn(CC(C)C)c(C)c1CCC(=O)NC1CCN(C)CC1. The Hall–Kier alpha value is -1.36. The molecule has 1 fully saturated rings. The zero-order valence-corrected chi connectivity index (χ0v) is 15.4. The van der Waals surface area contributed by atoms with Gasteiger partial charge in [0.25, 0.3) is 0 Å². The van der Waals surface area contributed by atoms with E-state index in [4.69, 9.17) is 0 Å². The highest BCUT2D eigenvalue weighted by Gasteiger charge is 2.19. The maximum atomic E-state index is 12.2. The molecule has 1 aliphatic heterocycles. The quantitative estimate of drug-likeness (QED) is 0.875. The highest BCUT2D eigenvalue weighted by molar-refractivity contribution is 5.76. The third kappa shape index (κ3) is 5.06. The summed E-state index contributed by atoms with van der Waals surface area (Å²) in [7, 11) is 2.14. The molecule has 130 valence electrons. The number of nitrogens with zero attached hydrogens (tertiary/aromatic N) is 3. The minimum Gasteiger partial charge on any atom is -0.353 e. The number of carbonyl (C=O) groups excluding carboxylic acids is 1. The first-order valence-corrected chi connectivity index (χ1v) is 8.87. The van der Waals surface area contributed by atoms with Crippen LogP contribution in [0.2, 0.25) is 0 Å². The molecule has 23 heavy (non-hydrogen) atoms. The molecule has 0 aromatic carbocycles. The van der Waals surface area contributed by atoms with E-state index in [2.05, 4.69) is 47.8 Å². The molecule has 0 atom stereocenters. The van der Waals surface area contributed by atoms with Crippen LogP contribution in [0.5, 0.6) is 0 Å². The number of aryl methyl sites for hydroxylation is 1. The van der Waals surface area contributed by atoms with Crippen molar-refractivity contribution in [3.8, 4) is 0 Å². The second kappa shape index (κ2) is 7.95. The molecule has 1 aliphatic rings. The molecule has 0 radical (unpaired) electrons. The Kier molecular flexibility index (Phi) is 6.22. The molecule has 5 nitrogen and oxygen atoms in total. The minimum atomic E-state index is 0.176. The predicted octanol–water partition coefficient (Wildman–Crippen LogP) is 2.30. The van der Waals surface area contributed by atoms with Crippen LogP contribution >= 0.6 is 0 Å². The van der Waals surface area contributed by atoms with Gasteiger partial charge in [-0.15, -0.1) is 0 Å². The van der Waals surface area contributed by atoms with Crippen molar-refractivity contribution in [1.29, 1.82) is 0 Å². The lowest BCUT2D eigenvalue weighted by Gasteiger charge is -2.29. The summed E-state index contributed by atoms with van der Waals surface area (Å²) in [6.45, 7) is 11.7. The summed E-state index contributed by atoms with van der Waals surface area (Å²) < 4.78 is 2.09. The molecular weight excluding hydrogens is 288 g/mol. The Balaban J connectivity index is 1.85. The van der Waals surface area contributed by atoms with Gasteiger partial charge in [-0.3, -0.25) is 9.48 Å². The van der Waals surface area contributed by atoms with Crippen LogP contribution in [0.25, 0.3) is 0 Å². The second-order valence-corrected chi connectivity index (χ2v) is 7.37. The molecule has 5 heteroatoms. The highest BCUT2D eigenvalue weighted by Crippen LogP contribution is 2.17. The van der Waals surface area contributed by atoms with Crippen molar-refractivity contribution in [2.45, 2.75) is 66.0 Å². The third-order valence-corrected chi connectivity index (χ3v) is 4.76. The largest absolute Gasteiger partial charge is 0.353 e. The number of hydrogen-bond donors (Lipinski definition) is 1. The van der Waals surface area contributed by atoms with Crippen molar-refractivity contribution in [3.05, 3.63) is 17.0 Å². The Morgan fingerprint density at radius 1 is 1.30 bits per heavy atom. The van der Waals surface area contributed by atoms with Crippen LogP contribution in [0.1, 0.15) is 50.1 Å². The molecule has 1 N–H and O–H groups in total. The number of hydrogen-bond acceptors (Lipinski definition) is 3. The molecular formula is C18H32N4O. The summed E-state index contributed by atoms with van der Waals surface area (Å²) in [5.74, 6) is 0.753. The molecule has 1 aromatic rings. The van der Waals surface area contributed by atoms with Gasteiger partial charge in [0.2, 0.25) is 5.91 Å². The van der Waals surface area contributed by atoms with Gasteiger partial charge in [0.15, 0.2) is 0 Å². The normalized spacial score (nSPS) is 17.0. The van der Waals surface area contributed by atoms with E-state index < -0.39 is 0 Å². The molecule has 0 unspecified atom stereocenters. The van der Waals surface area contributed by atoms with Gasteiger partial charge in [-0.2, -0.15) is 5.10 Å². The fourth-order valence-corrected chi connectivity index (χ4v) is 3.31. The lowest BCUT2D eigenvalue weighted by molar-refractivity contribution is -0.122. The summed E-state index contributed by atoms with van der Waals surface area (Å²) in [6.07, 6.45) is 3.47. The van der Waals surface area contributed by atoms with Crippen LogP contribution in [0.15, 0.2) is 0 Å². The smallest absolute Gasteiger partial charge is 0.220 e. The van der Waals surface area contributed by atoms with Crippen LogP contribution in [-0.2, 0) is 17.8 Å². The van der Waals surface area contributed by atoms with Gasteiger partial charge in [0.05, 0.1) is 5.69 Å². The molecule has 2 heterocycles. The molecule has 0 aliphatic carbocycles. The maximum Gasteiger partial charge on any atom is 0.220 e. The lowest BCUT2D eigenvalue weighted by atomic mass is 10.0. The lowest BCUT2D eigenvalue weighted by Crippen LogP contribution is -2.43. The summed E-state index contributed by atoms with van der Waals surface area (Å²) >= 11 is 0. The van der Waals surface area contributed by atoms with Crippen molar-refractivity contribution in [1.82, 2.24) is 20.0 Å². The predicted molar refractivity (Wildman–Crippen MR) is 93.5 cm³/mol. The minimum absolute atomic E-state index is 0.176. The molecule has 0 bridgehead atoms. The van der Waals surface area contributed by atoms with Gasteiger partial charge in [0, 0.05) is 24.7 Å². The van der Waals surface area contributed by atoms with E-state index in [0.29, 0.717) is 18.4 Å². The van der Waals surface area contributed by atoms with Crippen molar-refractivity contribution < 1.29 is 4.79 Å². The molecule has 1 aromatic heterocycles. The Labute approximate surface area is 140 Å². The number of rotatable bonds is 6. The highest BCUT2D eigenvalue weighted by atomic mass is 16.1. The molecule has 0 saturated carbocycles. The average Bonchev–Trinajstić information content (AvgIpc) is 2.73. The molecule has 2 rings (SSSR count). The van der Waals surface area contributed by atoms with Crippen LogP contribution in [0.4, 0.5) is 0 Å². The first kappa shape index (κ1) is 18.0. The Morgan fingerprint density at radius 2 is 1.96 bits per heavy atom. The Morgan fingerprint density at radius 3 is 2.57 bits per heavy atom. The number of piperidine rings is 1. The van der Waals surface area contributed by atoms with Gasteiger partial charge < -0.3 is 10.2 Å². The maximum absolute atomic E-state index is 12.2. The monoisotopic (exact) mass is 320 g/mol. The van der Waals surface area contributed by atoms with E-state index in [1.807, 2.05) is 6.92 Å². The van der Waals surface area contributed by atoms with E-state index in [1.54, 1.807) is 0 Å². The van der Waals surface area contributed by atoms with Crippen LogP contribution in [0.3, 0.4) is 0 Å². The zero-order valence-electron chi connectivity index (χ0n) is 15.4. The molecule has 1 amide bonds. The second-order valence-electron chi connectivity index (χ2n) is 7.37. The zero-order chi connectivity index (χ0) is 17.0. The van der Waals surface area contributed by atoms with Gasteiger partial charge in [-0.05, 0) is 64.7 Å². The van der Waals surface area contributed by atoms with E-state index in [9.17, 15) is 4.79 Å². The van der Waals surface area contributed by atoms with Crippen LogP contribution < -0.4 is 5.32 Å². The van der Waals surface area contributed by atoms with Crippen molar-refractivity contribution in [2.24, 2.45) is 5.92 Å². The fourth-order valence-electron chi connectivity index (χ4n) is 3.31. The van der Waals surface area contributed by atoms with Gasteiger partial charge in [0.1, 0.15) is 0 Å². The van der Waals surface area contributed by atoms with Gasteiger partial charge >= 0.3 is 0 Å². The van der Waals surface area contributed by atoms with E-state index in [-0.39, 0.29) is 5.91 Å². The molecule has 1 saturated heterocycles. The summed E-state index contributed by atoms with van der Waals surface area (Å²) in [5, 5.41) is 7.83. The Bertz CT molecular complexity index is 527. The summed E-state index contributed by atoms with van der Waals surface area (Å²) in [5.41, 5.74) is 3.52. The first-order valence-electron chi connectivity index (χ1n) is 8.87. The molecule has 0 spiro atoms. The van der Waals surface area contributed by atoms with Gasteiger partial charge in [-0.1, -0.05) is 13.8 Å².